The van der Waals surface area contributed by atoms with Gasteiger partial charge < -0.3 is 20.5 Å². The maximum absolute atomic E-state index is 12.0. The second kappa shape index (κ2) is 5.99. The van der Waals surface area contributed by atoms with Gasteiger partial charge >= 0.3 is 12.0 Å². The summed E-state index contributed by atoms with van der Waals surface area (Å²) in [5, 5.41) is 14.6. The average Bonchev–Trinajstić information content (AvgIpc) is 3.09. The third kappa shape index (κ3) is 4.67. The lowest BCUT2D eigenvalue weighted by atomic mass is 9.94. The highest BCUT2D eigenvalue weighted by Gasteiger charge is 2.35. The molecule has 1 saturated heterocycles. The van der Waals surface area contributed by atoms with E-state index < -0.39 is 5.97 Å². The molecule has 1 aliphatic heterocycles. The molecule has 1 aliphatic carbocycles. The lowest BCUT2D eigenvalue weighted by molar-refractivity contribution is -0.137. The number of carbonyl (C=O) groups excluding carboxylic acids is 1. The normalized spacial score (nSPS) is 26.6. The Kier molecular flexibility index (Phi) is 4.52. The number of ether oxygens (including phenoxy) is 1. The van der Waals surface area contributed by atoms with Gasteiger partial charge in [0.15, 0.2) is 0 Å². The predicted molar refractivity (Wildman–Crippen MR) is 73.5 cm³/mol. The number of aliphatic carboxylic acids is 1. The molecule has 2 unspecified atom stereocenters. The first-order chi connectivity index (χ1) is 9.35. The highest BCUT2D eigenvalue weighted by atomic mass is 16.5. The number of urea groups is 1. The number of carbonyl (C=O) groups is 2. The van der Waals surface area contributed by atoms with E-state index in [-0.39, 0.29) is 30.1 Å². The van der Waals surface area contributed by atoms with Crippen molar-refractivity contribution in [2.75, 3.05) is 6.61 Å². The van der Waals surface area contributed by atoms with Gasteiger partial charge in [0, 0.05) is 18.7 Å². The van der Waals surface area contributed by atoms with E-state index in [9.17, 15) is 9.59 Å². The van der Waals surface area contributed by atoms with Crippen molar-refractivity contribution in [2.45, 2.75) is 63.6 Å². The van der Waals surface area contributed by atoms with Crippen molar-refractivity contribution in [1.82, 2.24) is 10.6 Å². The van der Waals surface area contributed by atoms with Crippen molar-refractivity contribution in [2.24, 2.45) is 5.92 Å². The highest BCUT2D eigenvalue weighted by Crippen LogP contribution is 2.34. The first-order valence-corrected chi connectivity index (χ1v) is 7.28. The maximum Gasteiger partial charge on any atom is 0.315 e. The number of amides is 2. The zero-order valence-corrected chi connectivity index (χ0v) is 12.1. The minimum Gasteiger partial charge on any atom is -0.481 e. The van der Waals surface area contributed by atoms with Gasteiger partial charge in [-0.25, -0.2) is 4.79 Å². The zero-order valence-electron chi connectivity index (χ0n) is 12.1. The number of carboxylic acid groups (broad SMARTS) is 1. The van der Waals surface area contributed by atoms with Gasteiger partial charge in [0.2, 0.25) is 0 Å². The van der Waals surface area contributed by atoms with Crippen LogP contribution in [0.25, 0.3) is 0 Å². The van der Waals surface area contributed by atoms with Crippen molar-refractivity contribution in [3.63, 3.8) is 0 Å². The third-order valence-electron chi connectivity index (χ3n) is 3.93. The standard InChI is InChI=1S/C14H24N2O4/c1-14(2)8-10(5-6-20-14)15-13(19)16-11(7-12(17)18)9-3-4-9/h9-11H,3-8H2,1-2H3,(H,17,18)(H2,15,16,19). The Morgan fingerprint density at radius 1 is 1.35 bits per heavy atom. The molecule has 0 aromatic carbocycles. The Morgan fingerprint density at radius 2 is 2.05 bits per heavy atom. The number of rotatable bonds is 5. The van der Waals surface area contributed by atoms with Gasteiger partial charge in [0.1, 0.15) is 0 Å². The molecule has 3 N–H and O–H groups in total. The van der Waals surface area contributed by atoms with E-state index in [2.05, 4.69) is 10.6 Å². The third-order valence-corrected chi connectivity index (χ3v) is 3.93. The fraction of sp³-hybridized carbons (Fsp3) is 0.857. The van der Waals surface area contributed by atoms with Crippen LogP contribution in [0.5, 0.6) is 0 Å². The summed E-state index contributed by atoms with van der Waals surface area (Å²) in [5.41, 5.74) is -0.215. The van der Waals surface area contributed by atoms with E-state index >= 15 is 0 Å². The lowest BCUT2D eigenvalue weighted by Gasteiger charge is -2.36. The van der Waals surface area contributed by atoms with Crippen LogP contribution in [0, 0.1) is 5.92 Å². The first-order valence-electron chi connectivity index (χ1n) is 7.28. The second-order valence-electron chi connectivity index (χ2n) is 6.46. The molecule has 2 rings (SSSR count). The summed E-state index contributed by atoms with van der Waals surface area (Å²) < 4.78 is 5.61. The summed E-state index contributed by atoms with van der Waals surface area (Å²) in [6.45, 7) is 4.66. The Balaban J connectivity index is 1.80. The summed E-state index contributed by atoms with van der Waals surface area (Å²) in [6, 6.07) is -0.422. The highest BCUT2D eigenvalue weighted by molar-refractivity contribution is 5.76. The lowest BCUT2D eigenvalue weighted by Crippen LogP contribution is -2.51. The topological polar surface area (TPSA) is 87.7 Å². The van der Waals surface area contributed by atoms with Crippen LogP contribution < -0.4 is 10.6 Å². The van der Waals surface area contributed by atoms with Crippen LogP contribution in [-0.4, -0.2) is 41.4 Å². The van der Waals surface area contributed by atoms with Gasteiger partial charge in [-0.15, -0.1) is 0 Å². The molecule has 114 valence electrons. The molecule has 20 heavy (non-hydrogen) atoms. The molecule has 2 fully saturated rings. The average molecular weight is 284 g/mol. The Bertz CT molecular complexity index is 379. The SMILES string of the molecule is CC1(C)CC(NC(=O)NC(CC(=O)O)C2CC2)CCO1. The van der Waals surface area contributed by atoms with Gasteiger partial charge in [-0.05, 0) is 45.4 Å². The van der Waals surface area contributed by atoms with Crippen molar-refractivity contribution >= 4 is 12.0 Å². The summed E-state index contributed by atoms with van der Waals surface area (Å²) in [6.07, 6.45) is 3.57. The van der Waals surface area contributed by atoms with Gasteiger partial charge in [-0.1, -0.05) is 0 Å². The van der Waals surface area contributed by atoms with E-state index in [0.29, 0.717) is 12.5 Å². The van der Waals surface area contributed by atoms with Crippen molar-refractivity contribution in [3.05, 3.63) is 0 Å². The van der Waals surface area contributed by atoms with Crippen molar-refractivity contribution in [1.29, 1.82) is 0 Å². The fourth-order valence-corrected chi connectivity index (χ4v) is 2.77. The largest absolute Gasteiger partial charge is 0.481 e. The van der Waals surface area contributed by atoms with Gasteiger partial charge in [-0.2, -0.15) is 0 Å². The molecule has 2 atom stereocenters. The van der Waals surface area contributed by atoms with E-state index in [0.717, 1.165) is 25.7 Å². The predicted octanol–water partition coefficient (Wildman–Crippen LogP) is 1.50. The number of hydrogen-bond acceptors (Lipinski definition) is 3. The van der Waals surface area contributed by atoms with Gasteiger partial charge in [-0.3, -0.25) is 4.79 Å². The summed E-state index contributed by atoms with van der Waals surface area (Å²) in [5.74, 6) is -0.544. The maximum atomic E-state index is 12.0. The van der Waals surface area contributed by atoms with E-state index in [1.165, 1.54) is 0 Å². The first kappa shape index (κ1) is 15.1. The molecule has 0 bridgehead atoms. The Hall–Kier alpha value is -1.30. The van der Waals surface area contributed by atoms with Crippen LogP contribution in [0.4, 0.5) is 4.79 Å². The molecule has 2 aliphatic rings. The zero-order chi connectivity index (χ0) is 14.8. The number of hydrogen-bond donors (Lipinski definition) is 3. The van der Waals surface area contributed by atoms with Gasteiger partial charge in [0.25, 0.3) is 0 Å². The molecule has 1 heterocycles. The van der Waals surface area contributed by atoms with Crippen molar-refractivity contribution < 1.29 is 19.4 Å². The van der Waals surface area contributed by atoms with Crippen LogP contribution in [0.15, 0.2) is 0 Å². The minimum absolute atomic E-state index is 0.00262. The summed E-state index contributed by atoms with van der Waals surface area (Å²) >= 11 is 0. The molecule has 0 radical (unpaired) electrons. The van der Waals surface area contributed by atoms with E-state index in [4.69, 9.17) is 9.84 Å². The number of carboxylic acids is 1. The molecule has 0 spiro atoms. The van der Waals surface area contributed by atoms with Crippen molar-refractivity contribution in [3.8, 4) is 0 Å². The minimum atomic E-state index is -0.866. The fourth-order valence-electron chi connectivity index (χ4n) is 2.77. The van der Waals surface area contributed by atoms with Crippen LogP contribution in [0.2, 0.25) is 0 Å². The molecule has 6 nitrogen and oxygen atoms in total. The van der Waals surface area contributed by atoms with Gasteiger partial charge in [0.05, 0.1) is 12.0 Å². The molecule has 2 amide bonds. The Morgan fingerprint density at radius 3 is 2.60 bits per heavy atom. The smallest absolute Gasteiger partial charge is 0.315 e. The molecule has 1 saturated carbocycles. The van der Waals surface area contributed by atoms with Crippen LogP contribution >= 0.6 is 0 Å². The summed E-state index contributed by atoms with van der Waals surface area (Å²) in [4.78, 5) is 22.8. The molecule has 0 aromatic heterocycles. The van der Waals surface area contributed by atoms with E-state index in [1.54, 1.807) is 0 Å². The Labute approximate surface area is 119 Å². The summed E-state index contributed by atoms with van der Waals surface area (Å²) in [7, 11) is 0. The molecule has 6 heteroatoms. The molecular formula is C14H24N2O4. The quantitative estimate of drug-likeness (QED) is 0.714. The monoisotopic (exact) mass is 284 g/mol. The van der Waals surface area contributed by atoms with Crippen LogP contribution in [-0.2, 0) is 9.53 Å². The molecule has 0 aromatic rings. The second-order valence-corrected chi connectivity index (χ2v) is 6.46. The van der Waals surface area contributed by atoms with Crippen LogP contribution in [0.1, 0.15) is 46.0 Å². The van der Waals surface area contributed by atoms with Crippen LogP contribution in [0.3, 0.4) is 0 Å². The molecular weight excluding hydrogens is 260 g/mol. The number of nitrogens with one attached hydrogen (secondary N) is 2. The van der Waals surface area contributed by atoms with E-state index in [1.807, 2.05) is 13.8 Å².